The summed E-state index contributed by atoms with van der Waals surface area (Å²) in [7, 11) is 0. The monoisotopic (exact) mass is 527 g/mol. The number of aromatic nitrogens is 1. The number of nitrogens with zero attached hydrogens (tertiary/aromatic N) is 1. The summed E-state index contributed by atoms with van der Waals surface area (Å²) < 4.78 is 50.4. The summed E-state index contributed by atoms with van der Waals surface area (Å²) in [6, 6.07) is 2.53. The fraction of sp³-hybridized carbons (Fsp3) is 0.278. The average molecular weight is 530 g/mol. The van der Waals surface area contributed by atoms with Gasteiger partial charge in [0.1, 0.15) is 23.1 Å². The Morgan fingerprint density at radius 2 is 1.85 bits per heavy atom. The quantitative estimate of drug-likeness (QED) is 0.402. The van der Waals surface area contributed by atoms with Crippen LogP contribution in [0.15, 0.2) is 27.8 Å². The fourth-order valence-corrected chi connectivity index (χ4v) is 2.77. The van der Waals surface area contributed by atoms with Gasteiger partial charge in [0.25, 0.3) is 0 Å². The molecule has 0 saturated carbocycles. The van der Waals surface area contributed by atoms with Gasteiger partial charge in [-0.3, -0.25) is 0 Å². The van der Waals surface area contributed by atoms with Crippen LogP contribution in [0.1, 0.15) is 22.3 Å². The molecule has 0 fully saturated rings. The summed E-state index contributed by atoms with van der Waals surface area (Å²) in [4.78, 5) is 3.71. The summed E-state index contributed by atoms with van der Waals surface area (Å²) in [5.41, 5.74) is 1.51. The van der Waals surface area contributed by atoms with Crippen LogP contribution in [0, 0.1) is 20.8 Å². The summed E-state index contributed by atoms with van der Waals surface area (Å²) >= 11 is 12.4. The highest BCUT2D eigenvalue weighted by Gasteiger charge is 2.32. The van der Waals surface area contributed by atoms with E-state index in [9.17, 15) is 13.2 Å². The van der Waals surface area contributed by atoms with Crippen LogP contribution in [-0.4, -0.2) is 11.6 Å². The van der Waals surface area contributed by atoms with Crippen molar-refractivity contribution in [3.05, 3.63) is 55.1 Å². The number of alkyl halides is 3. The van der Waals surface area contributed by atoms with Gasteiger partial charge >= 0.3 is 6.18 Å². The van der Waals surface area contributed by atoms with Crippen molar-refractivity contribution >= 4 is 43.5 Å². The first-order valence-corrected chi connectivity index (χ1v) is 9.62. The van der Waals surface area contributed by atoms with E-state index in [-0.39, 0.29) is 10.9 Å². The van der Waals surface area contributed by atoms with Crippen LogP contribution in [0.25, 0.3) is 0 Å². The molecule has 0 bridgehead atoms. The highest BCUT2D eigenvalue weighted by atomic mass is 79.9. The first-order valence-electron chi connectivity index (χ1n) is 7.66. The lowest BCUT2D eigenvalue weighted by molar-refractivity contribution is -0.137. The normalized spacial score (nSPS) is 11.3. The Bertz CT molecular complexity index is 882. The Balaban J connectivity index is 2.31. The molecule has 1 heterocycles. The smallest absolute Gasteiger partial charge is 0.417 e. The highest BCUT2D eigenvalue weighted by molar-refractivity contribution is 9.28. The van der Waals surface area contributed by atoms with Gasteiger partial charge in [-0.05, 0) is 87.5 Å². The van der Waals surface area contributed by atoms with Crippen LogP contribution in [-0.2, 0) is 6.18 Å². The molecule has 0 aliphatic rings. The van der Waals surface area contributed by atoms with Gasteiger partial charge in [-0.25, -0.2) is 4.98 Å². The van der Waals surface area contributed by atoms with Crippen LogP contribution in [0.4, 0.5) is 13.2 Å². The lowest BCUT2D eigenvalue weighted by Gasteiger charge is -2.17. The molecule has 0 amide bonds. The molecule has 1 aromatic carbocycles. The molecule has 0 N–H and O–H groups in total. The lowest BCUT2D eigenvalue weighted by atomic mass is 10.0. The second kappa shape index (κ2) is 8.84. The molecule has 0 aliphatic heterocycles. The number of benzene rings is 1. The number of pyridine rings is 1. The summed E-state index contributed by atoms with van der Waals surface area (Å²) in [5.74, 6) is 1.07. The third-order valence-corrected chi connectivity index (χ3v) is 4.70. The second-order valence-corrected chi connectivity index (χ2v) is 8.87. The molecule has 3 nitrogen and oxygen atoms in total. The van der Waals surface area contributed by atoms with Gasteiger partial charge in [0.2, 0.25) is 5.88 Å². The number of aryl methyl sites for hydroxylation is 1. The van der Waals surface area contributed by atoms with E-state index >= 15 is 0 Å². The number of halogens is 6. The SMILES string of the molecule is Cc1cc(Oc2ncc(C(F)(F)F)cc2Cl)c(C)c(C)c1OCC=C(Br)Br. The molecule has 0 radical (unpaired) electrons. The molecule has 0 spiro atoms. The van der Waals surface area contributed by atoms with E-state index in [4.69, 9.17) is 21.1 Å². The molecule has 2 aromatic rings. The van der Waals surface area contributed by atoms with Crippen LogP contribution in [0.3, 0.4) is 0 Å². The van der Waals surface area contributed by atoms with E-state index in [1.165, 1.54) is 0 Å². The van der Waals surface area contributed by atoms with Gasteiger partial charge in [0, 0.05) is 6.20 Å². The molecule has 9 heteroatoms. The van der Waals surface area contributed by atoms with Crippen molar-refractivity contribution in [1.82, 2.24) is 4.98 Å². The molecule has 1 aromatic heterocycles. The molecular weight excluding hydrogens is 514 g/mol. The maximum absolute atomic E-state index is 12.7. The minimum atomic E-state index is -4.52. The zero-order valence-electron chi connectivity index (χ0n) is 14.5. The van der Waals surface area contributed by atoms with Crippen molar-refractivity contribution in [2.24, 2.45) is 0 Å². The average Bonchev–Trinajstić information content (AvgIpc) is 2.56. The molecule has 146 valence electrons. The Morgan fingerprint density at radius 1 is 1.19 bits per heavy atom. The maximum atomic E-state index is 12.7. The summed E-state index contributed by atoms with van der Waals surface area (Å²) in [6.45, 7) is 5.91. The summed E-state index contributed by atoms with van der Waals surface area (Å²) in [6.07, 6.45) is -2.02. The minimum absolute atomic E-state index is 0.0913. The Kier molecular flexibility index (Phi) is 7.21. The Labute approximate surface area is 176 Å². The number of ether oxygens (including phenoxy) is 2. The van der Waals surface area contributed by atoms with Gasteiger partial charge in [0.15, 0.2) is 0 Å². The van der Waals surface area contributed by atoms with Crippen molar-refractivity contribution in [1.29, 1.82) is 0 Å². The zero-order valence-corrected chi connectivity index (χ0v) is 18.5. The van der Waals surface area contributed by atoms with E-state index in [1.807, 2.05) is 26.8 Å². The first-order chi connectivity index (χ1) is 12.5. The third kappa shape index (κ3) is 5.62. The van der Waals surface area contributed by atoms with E-state index in [0.717, 1.165) is 26.1 Å². The minimum Gasteiger partial charge on any atom is -0.489 e. The van der Waals surface area contributed by atoms with Gasteiger partial charge in [-0.2, -0.15) is 13.2 Å². The Morgan fingerprint density at radius 3 is 2.41 bits per heavy atom. The van der Waals surface area contributed by atoms with Crippen molar-refractivity contribution in [2.75, 3.05) is 6.61 Å². The standard InChI is InChI=1S/C18H15Br2ClF3NO2/c1-9-6-14(10(2)11(3)16(9)26-5-4-15(19)20)27-17-13(21)7-12(8-25-17)18(22,23)24/h4,6-8H,5H2,1-3H3. The zero-order chi connectivity index (χ0) is 20.4. The third-order valence-electron chi connectivity index (χ3n) is 3.79. The van der Waals surface area contributed by atoms with Gasteiger partial charge in [0.05, 0.1) is 8.96 Å². The first kappa shape index (κ1) is 22.0. The number of rotatable bonds is 5. The number of hydrogen-bond acceptors (Lipinski definition) is 3. The lowest BCUT2D eigenvalue weighted by Crippen LogP contribution is -2.06. The van der Waals surface area contributed by atoms with Crippen molar-refractivity contribution < 1.29 is 22.6 Å². The number of hydrogen-bond donors (Lipinski definition) is 0. The van der Waals surface area contributed by atoms with Gasteiger partial charge in [-0.15, -0.1) is 0 Å². The Hall–Kier alpha value is -1.25. The van der Waals surface area contributed by atoms with Crippen molar-refractivity contribution in [3.63, 3.8) is 0 Å². The van der Waals surface area contributed by atoms with E-state index in [2.05, 4.69) is 36.8 Å². The van der Waals surface area contributed by atoms with Crippen LogP contribution >= 0.6 is 43.5 Å². The molecule has 2 rings (SSSR count). The molecule has 0 unspecified atom stereocenters. The summed E-state index contributed by atoms with van der Waals surface area (Å²) in [5, 5.41) is -0.216. The van der Waals surface area contributed by atoms with Crippen molar-refractivity contribution in [3.8, 4) is 17.4 Å². The predicted molar refractivity (Wildman–Crippen MR) is 106 cm³/mol. The highest BCUT2D eigenvalue weighted by Crippen LogP contribution is 2.38. The maximum Gasteiger partial charge on any atom is 0.417 e. The molecule has 0 atom stereocenters. The topological polar surface area (TPSA) is 31.4 Å². The molecule has 0 aliphatic carbocycles. The van der Waals surface area contributed by atoms with Crippen LogP contribution < -0.4 is 9.47 Å². The predicted octanol–water partition coefficient (Wildman–Crippen LogP) is 7.48. The van der Waals surface area contributed by atoms with Crippen LogP contribution in [0.5, 0.6) is 17.4 Å². The van der Waals surface area contributed by atoms with Gasteiger partial charge < -0.3 is 9.47 Å². The fourth-order valence-electron chi connectivity index (χ4n) is 2.30. The van der Waals surface area contributed by atoms with E-state index in [0.29, 0.717) is 24.3 Å². The van der Waals surface area contributed by atoms with E-state index in [1.54, 1.807) is 6.07 Å². The molecular formula is C18H15Br2ClF3NO2. The molecule has 27 heavy (non-hydrogen) atoms. The second-order valence-electron chi connectivity index (χ2n) is 5.69. The van der Waals surface area contributed by atoms with E-state index < -0.39 is 11.7 Å². The van der Waals surface area contributed by atoms with Crippen molar-refractivity contribution in [2.45, 2.75) is 26.9 Å². The van der Waals surface area contributed by atoms with Crippen LogP contribution in [0.2, 0.25) is 5.02 Å². The largest absolute Gasteiger partial charge is 0.489 e. The van der Waals surface area contributed by atoms with Gasteiger partial charge in [-0.1, -0.05) is 11.6 Å². The molecule has 0 saturated heterocycles.